The molecule has 1 saturated carbocycles. The molecule has 0 spiro atoms. The van der Waals surface area contributed by atoms with E-state index in [-0.39, 0.29) is 5.92 Å². The summed E-state index contributed by atoms with van der Waals surface area (Å²) in [6.07, 6.45) is 4.91. The van der Waals surface area contributed by atoms with Crippen LogP contribution in [0.4, 0.5) is 13.2 Å². The molecule has 4 nitrogen and oxygen atoms in total. The van der Waals surface area contributed by atoms with Crippen molar-refractivity contribution in [2.75, 3.05) is 6.54 Å². The van der Waals surface area contributed by atoms with Crippen molar-refractivity contribution in [3.63, 3.8) is 0 Å². The van der Waals surface area contributed by atoms with Gasteiger partial charge in [-0.2, -0.15) is 13.2 Å². The summed E-state index contributed by atoms with van der Waals surface area (Å²) in [5, 5.41) is 0.630. The van der Waals surface area contributed by atoms with Gasteiger partial charge in [0.15, 0.2) is 0 Å². The number of pyridine rings is 1. The Morgan fingerprint density at radius 1 is 1.13 bits per heavy atom. The number of hydrogen-bond donors (Lipinski definition) is 0. The number of benzene rings is 1. The zero-order valence-electron chi connectivity index (χ0n) is 16.9. The van der Waals surface area contributed by atoms with Crippen LogP contribution in [0.1, 0.15) is 36.9 Å². The summed E-state index contributed by atoms with van der Waals surface area (Å²) in [7, 11) is -2.79. The topological polar surface area (TPSA) is 37.6 Å². The minimum atomic E-state index is -4.39. The van der Waals surface area contributed by atoms with Gasteiger partial charge in [-0.05, 0) is 42.7 Å². The molecule has 1 aliphatic carbocycles. The molecule has 1 aromatic carbocycles. The highest BCUT2D eigenvalue weighted by molar-refractivity contribution is 8.00. The number of fused-ring (bicyclic) bond motifs is 2. The summed E-state index contributed by atoms with van der Waals surface area (Å²) in [6, 6.07) is 10.4. The first-order chi connectivity index (χ1) is 14.8. The van der Waals surface area contributed by atoms with E-state index in [2.05, 4.69) is 11.1 Å². The minimum Gasteiger partial charge on any atom is -0.292 e. The molecule has 0 saturated heterocycles. The van der Waals surface area contributed by atoms with E-state index in [0.29, 0.717) is 17.1 Å². The SMILES string of the molecule is CCN1[C@H](c2ccc(C(F)(F)F)cc2)C=CC2CCC2=S1(=O)c1cnc2ccccn12. The van der Waals surface area contributed by atoms with Crippen LogP contribution in [0.15, 0.2) is 72.0 Å². The highest BCUT2D eigenvalue weighted by atomic mass is 32.2. The number of imidazole rings is 1. The molecule has 3 atom stereocenters. The number of aromatic nitrogens is 2. The van der Waals surface area contributed by atoms with E-state index in [1.807, 2.05) is 46.1 Å². The van der Waals surface area contributed by atoms with Gasteiger partial charge in [0.05, 0.1) is 27.5 Å². The van der Waals surface area contributed by atoms with E-state index < -0.39 is 27.5 Å². The third kappa shape index (κ3) is 3.11. The van der Waals surface area contributed by atoms with Crippen molar-refractivity contribution >= 4 is 20.2 Å². The molecule has 162 valence electrons. The second kappa shape index (κ2) is 7.24. The molecule has 0 N–H and O–H groups in total. The minimum absolute atomic E-state index is 0.107. The number of rotatable bonds is 3. The average Bonchev–Trinajstić information content (AvgIpc) is 3.13. The van der Waals surface area contributed by atoms with Crippen molar-refractivity contribution in [2.24, 2.45) is 5.92 Å². The summed E-state index contributed by atoms with van der Waals surface area (Å²) in [5.41, 5.74) is 0.722. The van der Waals surface area contributed by atoms with E-state index in [9.17, 15) is 17.4 Å². The normalized spacial score (nSPS) is 26.5. The molecule has 2 aliphatic rings. The molecule has 3 heterocycles. The highest BCUT2D eigenvalue weighted by Crippen LogP contribution is 2.40. The van der Waals surface area contributed by atoms with Gasteiger partial charge in [-0.1, -0.05) is 37.3 Å². The first kappa shape index (κ1) is 20.3. The average molecular weight is 446 g/mol. The smallest absolute Gasteiger partial charge is 0.292 e. The zero-order valence-corrected chi connectivity index (χ0v) is 17.7. The Kier molecular flexibility index (Phi) is 4.75. The molecule has 5 rings (SSSR count). The predicted octanol–water partition coefficient (Wildman–Crippen LogP) is 5.13. The molecule has 8 heteroatoms. The molecule has 0 bridgehead atoms. The molecular weight excluding hydrogens is 423 g/mol. The number of halogens is 3. The molecule has 2 aromatic heterocycles. The van der Waals surface area contributed by atoms with Gasteiger partial charge in [-0.15, -0.1) is 0 Å². The van der Waals surface area contributed by atoms with Gasteiger partial charge in [0, 0.05) is 23.5 Å². The largest absolute Gasteiger partial charge is 0.416 e. The standard InChI is InChI=1S/C23H22F3N3OS/c1-2-29-19(16-6-10-18(11-7-16)23(24,25)26)12-8-17-9-13-20(17)31(29,30)22-15-27-21-5-3-4-14-28(21)22/h3-8,10-12,14-15,17,19H,2,9,13H2,1H3/t17?,19-,31?/m0/s1. The summed E-state index contributed by atoms with van der Waals surface area (Å²) in [5.74, 6) is 0.107. The maximum absolute atomic E-state index is 14.9. The van der Waals surface area contributed by atoms with Crippen LogP contribution in [-0.4, -0.2) is 29.3 Å². The number of nitrogens with zero attached hydrogens (tertiary/aromatic N) is 3. The Hall–Kier alpha value is -2.58. The van der Waals surface area contributed by atoms with E-state index in [0.717, 1.165) is 35.5 Å². The summed E-state index contributed by atoms with van der Waals surface area (Å²) >= 11 is 0. The first-order valence-corrected chi connectivity index (χ1v) is 11.8. The Morgan fingerprint density at radius 2 is 1.90 bits per heavy atom. The number of hydrogen-bond acceptors (Lipinski definition) is 2. The molecule has 0 radical (unpaired) electrons. The van der Waals surface area contributed by atoms with Gasteiger partial charge >= 0.3 is 6.18 Å². The Bertz CT molecular complexity index is 1280. The van der Waals surface area contributed by atoms with Crippen molar-refractivity contribution in [3.05, 3.63) is 78.1 Å². The quantitative estimate of drug-likeness (QED) is 0.414. The summed E-state index contributed by atoms with van der Waals surface area (Å²) in [6.45, 7) is 2.42. The van der Waals surface area contributed by atoms with Gasteiger partial charge < -0.3 is 0 Å². The number of likely N-dealkylation sites (N-methyl/N-ethyl adjacent to an activating group) is 1. The number of allylic oxidation sites excluding steroid dienone is 1. The second-order valence-electron chi connectivity index (χ2n) is 7.85. The van der Waals surface area contributed by atoms with E-state index >= 15 is 0 Å². The lowest BCUT2D eigenvalue weighted by atomic mass is 9.84. The lowest BCUT2D eigenvalue weighted by Crippen LogP contribution is -2.41. The van der Waals surface area contributed by atoms with Crippen LogP contribution >= 0.6 is 0 Å². The molecule has 0 amide bonds. The van der Waals surface area contributed by atoms with Crippen LogP contribution in [0.3, 0.4) is 0 Å². The lowest BCUT2D eigenvalue weighted by molar-refractivity contribution is -0.137. The predicted molar refractivity (Wildman–Crippen MR) is 115 cm³/mol. The fourth-order valence-corrected chi connectivity index (χ4v) is 7.82. The molecule has 1 fully saturated rings. The van der Waals surface area contributed by atoms with Crippen LogP contribution in [-0.2, 0) is 15.9 Å². The Morgan fingerprint density at radius 3 is 2.55 bits per heavy atom. The third-order valence-electron chi connectivity index (χ3n) is 6.19. The van der Waals surface area contributed by atoms with E-state index in [1.54, 1.807) is 6.20 Å². The van der Waals surface area contributed by atoms with Crippen LogP contribution in [0, 0.1) is 5.92 Å². The van der Waals surface area contributed by atoms with E-state index in [4.69, 9.17) is 0 Å². The van der Waals surface area contributed by atoms with Gasteiger partial charge in [0.2, 0.25) is 0 Å². The molecule has 2 unspecified atom stereocenters. The van der Waals surface area contributed by atoms with E-state index in [1.165, 1.54) is 12.1 Å². The van der Waals surface area contributed by atoms with Gasteiger partial charge in [-0.3, -0.25) is 4.40 Å². The monoisotopic (exact) mass is 445 g/mol. The fourth-order valence-electron chi connectivity index (χ4n) is 4.52. The molecule has 3 aromatic rings. The van der Waals surface area contributed by atoms with Gasteiger partial charge in [-0.25, -0.2) is 13.5 Å². The van der Waals surface area contributed by atoms with Gasteiger partial charge in [0.1, 0.15) is 10.7 Å². The molecular formula is C23H22F3N3OS. The fraction of sp³-hybridized carbons (Fsp3) is 0.304. The van der Waals surface area contributed by atoms with Crippen LogP contribution < -0.4 is 0 Å². The summed E-state index contributed by atoms with van der Waals surface area (Å²) in [4.78, 5) is 5.43. The van der Waals surface area contributed by atoms with Crippen molar-refractivity contribution in [2.45, 2.75) is 37.0 Å². The zero-order chi connectivity index (χ0) is 21.8. The number of alkyl halides is 3. The van der Waals surface area contributed by atoms with Crippen LogP contribution in [0.5, 0.6) is 0 Å². The van der Waals surface area contributed by atoms with Crippen molar-refractivity contribution in [3.8, 4) is 0 Å². The Labute approximate surface area is 179 Å². The maximum atomic E-state index is 14.9. The van der Waals surface area contributed by atoms with Gasteiger partial charge in [0.25, 0.3) is 0 Å². The van der Waals surface area contributed by atoms with Crippen LogP contribution in [0.2, 0.25) is 0 Å². The van der Waals surface area contributed by atoms with Crippen molar-refractivity contribution < 1.29 is 17.4 Å². The summed E-state index contributed by atoms with van der Waals surface area (Å²) < 4.78 is 57.8. The lowest BCUT2D eigenvalue weighted by Gasteiger charge is -2.36. The molecule has 31 heavy (non-hydrogen) atoms. The van der Waals surface area contributed by atoms with Crippen molar-refractivity contribution in [1.29, 1.82) is 0 Å². The van der Waals surface area contributed by atoms with Crippen LogP contribution in [0.25, 0.3) is 5.65 Å². The first-order valence-electron chi connectivity index (χ1n) is 10.3. The third-order valence-corrected chi connectivity index (χ3v) is 9.43. The Balaban J connectivity index is 1.68. The highest BCUT2D eigenvalue weighted by Gasteiger charge is 2.40. The molecule has 1 aliphatic heterocycles. The second-order valence-corrected chi connectivity index (χ2v) is 10.3. The maximum Gasteiger partial charge on any atom is 0.416 e. The van der Waals surface area contributed by atoms with Crippen molar-refractivity contribution in [1.82, 2.24) is 13.7 Å².